The minimum Gasteiger partial charge on any atom is -0.457 e. The fourth-order valence-electron chi connectivity index (χ4n) is 2.04. The average molecular weight is 412 g/mol. The molecule has 0 fully saturated rings. The predicted molar refractivity (Wildman–Crippen MR) is 102 cm³/mol. The summed E-state index contributed by atoms with van der Waals surface area (Å²) in [6.07, 6.45) is 0. The van der Waals surface area contributed by atoms with E-state index in [1.54, 1.807) is 47.2 Å². The number of halogens is 2. The van der Waals surface area contributed by atoms with Gasteiger partial charge in [0.25, 0.3) is 5.91 Å². The van der Waals surface area contributed by atoms with E-state index in [9.17, 15) is 9.59 Å². The van der Waals surface area contributed by atoms with Gasteiger partial charge in [-0.15, -0.1) is 22.7 Å². The van der Waals surface area contributed by atoms with Gasteiger partial charge in [0.2, 0.25) is 0 Å². The lowest BCUT2D eigenvalue weighted by atomic mass is 10.2. The third kappa shape index (κ3) is 4.41. The molecule has 128 valence electrons. The molecule has 0 saturated heterocycles. The van der Waals surface area contributed by atoms with E-state index in [1.165, 1.54) is 22.7 Å². The molecule has 2 aromatic heterocycles. The molecule has 25 heavy (non-hydrogen) atoms. The number of esters is 1. The van der Waals surface area contributed by atoms with Crippen LogP contribution in [0.1, 0.15) is 24.9 Å². The molecule has 8 heteroatoms. The zero-order chi connectivity index (χ0) is 17.8. The Balaban J connectivity index is 1.64. The van der Waals surface area contributed by atoms with Crippen LogP contribution in [0, 0.1) is 0 Å². The molecule has 0 aliphatic rings. The summed E-state index contributed by atoms with van der Waals surface area (Å²) in [4.78, 5) is 25.0. The SMILES string of the molecule is O=C(Nc1cccc(COC(=O)c2sccc2Cl)c1)c1sccc1Cl. The molecule has 1 N–H and O–H groups in total. The Kier molecular flexibility index (Phi) is 5.75. The van der Waals surface area contributed by atoms with Crippen molar-refractivity contribution in [2.75, 3.05) is 5.32 Å². The number of carbonyl (C=O) groups is 2. The Morgan fingerprint density at radius 1 is 1.00 bits per heavy atom. The summed E-state index contributed by atoms with van der Waals surface area (Å²) >= 11 is 14.4. The van der Waals surface area contributed by atoms with Crippen molar-refractivity contribution >= 4 is 63.4 Å². The van der Waals surface area contributed by atoms with Gasteiger partial charge in [0.05, 0.1) is 10.0 Å². The van der Waals surface area contributed by atoms with Crippen molar-refractivity contribution < 1.29 is 14.3 Å². The number of thiophene rings is 2. The molecule has 0 bridgehead atoms. The van der Waals surface area contributed by atoms with Gasteiger partial charge in [-0.1, -0.05) is 35.3 Å². The first kappa shape index (κ1) is 17.9. The Hall–Kier alpha value is -1.86. The second kappa shape index (κ2) is 8.01. The summed E-state index contributed by atoms with van der Waals surface area (Å²) < 4.78 is 5.26. The average Bonchev–Trinajstić information content (AvgIpc) is 3.21. The lowest BCUT2D eigenvalue weighted by Gasteiger charge is -2.08. The summed E-state index contributed by atoms with van der Waals surface area (Å²) in [5, 5.41) is 7.05. The third-order valence-electron chi connectivity index (χ3n) is 3.18. The Bertz CT molecular complexity index is 920. The zero-order valence-electron chi connectivity index (χ0n) is 12.6. The predicted octanol–water partition coefficient (Wildman–Crippen LogP) is 5.73. The number of hydrogen-bond acceptors (Lipinski definition) is 5. The minimum absolute atomic E-state index is 0.0799. The summed E-state index contributed by atoms with van der Waals surface area (Å²) in [7, 11) is 0. The number of benzene rings is 1. The van der Waals surface area contributed by atoms with E-state index in [4.69, 9.17) is 27.9 Å². The summed E-state index contributed by atoms with van der Waals surface area (Å²) in [5.74, 6) is -0.751. The second-order valence-corrected chi connectivity index (χ2v) is 7.57. The summed E-state index contributed by atoms with van der Waals surface area (Å²) in [5.41, 5.74) is 1.34. The van der Waals surface area contributed by atoms with Crippen LogP contribution >= 0.6 is 45.9 Å². The van der Waals surface area contributed by atoms with Gasteiger partial charge in [-0.3, -0.25) is 4.79 Å². The molecule has 0 atom stereocenters. The van der Waals surface area contributed by atoms with Crippen LogP contribution in [0.2, 0.25) is 10.0 Å². The molecule has 2 heterocycles. The maximum atomic E-state index is 12.2. The molecule has 0 spiro atoms. The van der Waals surface area contributed by atoms with Crippen LogP contribution in [-0.2, 0) is 11.3 Å². The fourth-order valence-corrected chi connectivity index (χ4v) is 4.10. The van der Waals surface area contributed by atoms with E-state index >= 15 is 0 Å². The highest BCUT2D eigenvalue weighted by atomic mass is 35.5. The highest BCUT2D eigenvalue weighted by molar-refractivity contribution is 7.13. The van der Waals surface area contributed by atoms with Crippen molar-refractivity contribution in [3.8, 4) is 0 Å². The van der Waals surface area contributed by atoms with Crippen LogP contribution in [0.15, 0.2) is 47.2 Å². The molecule has 0 radical (unpaired) electrons. The van der Waals surface area contributed by atoms with E-state index in [1.807, 2.05) is 0 Å². The zero-order valence-corrected chi connectivity index (χ0v) is 15.8. The van der Waals surface area contributed by atoms with Crippen LogP contribution in [0.5, 0.6) is 0 Å². The molecule has 0 saturated carbocycles. The number of hydrogen-bond donors (Lipinski definition) is 1. The minimum atomic E-state index is -0.472. The smallest absolute Gasteiger partial charge is 0.350 e. The van der Waals surface area contributed by atoms with Crippen LogP contribution in [0.25, 0.3) is 0 Å². The van der Waals surface area contributed by atoms with Crippen molar-refractivity contribution in [2.45, 2.75) is 6.61 Å². The largest absolute Gasteiger partial charge is 0.457 e. The number of anilines is 1. The molecule has 1 amide bonds. The van der Waals surface area contributed by atoms with E-state index in [-0.39, 0.29) is 12.5 Å². The molecular weight excluding hydrogens is 401 g/mol. The topological polar surface area (TPSA) is 55.4 Å². The molecule has 0 unspecified atom stereocenters. The maximum absolute atomic E-state index is 12.2. The van der Waals surface area contributed by atoms with Crippen LogP contribution in [0.3, 0.4) is 0 Å². The van der Waals surface area contributed by atoms with E-state index in [0.29, 0.717) is 25.5 Å². The number of rotatable bonds is 5. The van der Waals surface area contributed by atoms with Gasteiger partial charge < -0.3 is 10.1 Å². The Morgan fingerprint density at radius 3 is 2.32 bits per heavy atom. The monoisotopic (exact) mass is 411 g/mol. The first-order valence-electron chi connectivity index (χ1n) is 7.08. The number of amides is 1. The number of ether oxygens (including phenoxy) is 1. The van der Waals surface area contributed by atoms with Gasteiger partial charge >= 0.3 is 5.97 Å². The van der Waals surface area contributed by atoms with Gasteiger partial charge in [0.1, 0.15) is 16.4 Å². The fraction of sp³-hybridized carbons (Fsp3) is 0.0588. The molecule has 1 aromatic carbocycles. The third-order valence-corrected chi connectivity index (χ3v) is 5.84. The lowest BCUT2D eigenvalue weighted by molar-refractivity contribution is 0.0478. The van der Waals surface area contributed by atoms with Crippen molar-refractivity contribution in [3.05, 3.63) is 72.5 Å². The normalized spacial score (nSPS) is 10.5. The molecular formula is C17H11Cl2NO3S2. The maximum Gasteiger partial charge on any atom is 0.350 e. The van der Waals surface area contributed by atoms with E-state index in [2.05, 4.69) is 5.32 Å². The first-order valence-corrected chi connectivity index (χ1v) is 9.59. The highest BCUT2D eigenvalue weighted by Crippen LogP contribution is 2.25. The van der Waals surface area contributed by atoms with E-state index < -0.39 is 5.97 Å². The molecule has 3 rings (SSSR count). The standard InChI is InChI=1S/C17H11Cl2NO3S2/c18-12-4-6-24-14(12)16(21)20-11-3-1-2-10(8-11)9-23-17(22)15-13(19)5-7-25-15/h1-8H,9H2,(H,20,21). The van der Waals surface area contributed by atoms with Crippen molar-refractivity contribution in [3.63, 3.8) is 0 Å². The Labute approximate surface area is 162 Å². The molecule has 3 aromatic rings. The van der Waals surface area contributed by atoms with Crippen LogP contribution in [0.4, 0.5) is 5.69 Å². The van der Waals surface area contributed by atoms with Gasteiger partial charge in [0, 0.05) is 5.69 Å². The van der Waals surface area contributed by atoms with E-state index in [0.717, 1.165) is 5.56 Å². The summed E-state index contributed by atoms with van der Waals surface area (Å²) in [6.45, 7) is 0.0799. The van der Waals surface area contributed by atoms with Gasteiger partial charge in [0.15, 0.2) is 0 Å². The van der Waals surface area contributed by atoms with Crippen molar-refractivity contribution in [2.24, 2.45) is 0 Å². The van der Waals surface area contributed by atoms with Gasteiger partial charge in [-0.25, -0.2) is 4.79 Å². The number of nitrogens with one attached hydrogen (secondary N) is 1. The van der Waals surface area contributed by atoms with Crippen LogP contribution < -0.4 is 5.32 Å². The lowest BCUT2D eigenvalue weighted by Crippen LogP contribution is -2.11. The van der Waals surface area contributed by atoms with Crippen LogP contribution in [-0.4, -0.2) is 11.9 Å². The molecule has 4 nitrogen and oxygen atoms in total. The van der Waals surface area contributed by atoms with Gasteiger partial charge in [-0.05, 0) is 40.6 Å². The second-order valence-electron chi connectivity index (χ2n) is 4.93. The summed E-state index contributed by atoms with van der Waals surface area (Å²) in [6, 6.07) is 10.4. The molecule has 0 aliphatic heterocycles. The first-order chi connectivity index (χ1) is 12.0. The van der Waals surface area contributed by atoms with Crippen molar-refractivity contribution in [1.82, 2.24) is 0 Å². The Morgan fingerprint density at radius 2 is 1.68 bits per heavy atom. The molecule has 0 aliphatic carbocycles. The number of carbonyl (C=O) groups excluding carboxylic acids is 2. The van der Waals surface area contributed by atoms with Crippen molar-refractivity contribution in [1.29, 1.82) is 0 Å². The highest BCUT2D eigenvalue weighted by Gasteiger charge is 2.14. The van der Waals surface area contributed by atoms with Gasteiger partial charge in [-0.2, -0.15) is 0 Å². The quantitative estimate of drug-likeness (QED) is 0.545.